The van der Waals surface area contributed by atoms with Crippen LogP contribution in [0, 0.1) is 19.8 Å². The number of carbonyl (C=O) groups is 1. The molecular formula is C13H19N5OS. The van der Waals surface area contributed by atoms with Crippen LogP contribution in [0.15, 0.2) is 5.51 Å². The molecule has 1 amide bonds. The molecule has 0 atom stereocenters. The SMILES string of the molecule is Cc1nn(CC(C)C)c(C)c1CC(=O)Nc1nncs1. The van der Waals surface area contributed by atoms with Gasteiger partial charge in [-0.25, -0.2) is 0 Å². The highest BCUT2D eigenvalue weighted by Gasteiger charge is 2.16. The number of hydrogen-bond donors (Lipinski definition) is 1. The van der Waals surface area contributed by atoms with Crippen molar-refractivity contribution in [3.63, 3.8) is 0 Å². The minimum Gasteiger partial charge on any atom is -0.300 e. The van der Waals surface area contributed by atoms with Gasteiger partial charge >= 0.3 is 0 Å². The predicted molar refractivity (Wildman–Crippen MR) is 78.8 cm³/mol. The fourth-order valence-electron chi connectivity index (χ4n) is 2.07. The van der Waals surface area contributed by atoms with Gasteiger partial charge in [0.15, 0.2) is 0 Å². The largest absolute Gasteiger partial charge is 0.300 e. The first-order valence-electron chi connectivity index (χ1n) is 6.56. The van der Waals surface area contributed by atoms with Gasteiger partial charge in [0, 0.05) is 17.8 Å². The molecule has 0 aliphatic rings. The summed E-state index contributed by atoms with van der Waals surface area (Å²) < 4.78 is 1.98. The molecule has 7 heteroatoms. The Bertz CT molecular complexity index is 588. The van der Waals surface area contributed by atoms with Gasteiger partial charge < -0.3 is 5.32 Å². The molecule has 2 aromatic rings. The highest BCUT2D eigenvalue weighted by Crippen LogP contribution is 2.16. The smallest absolute Gasteiger partial charge is 0.230 e. The van der Waals surface area contributed by atoms with Gasteiger partial charge in [-0.05, 0) is 19.8 Å². The van der Waals surface area contributed by atoms with Crippen LogP contribution < -0.4 is 5.32 Å². The predicted octanol–water partition coefficient (Wildman–Crippen LogP) is 2.19. The molecule has 0 spiro atoms. The van der Waals surface area contributed by atoms with Crippen molar-refractivity contribution in [1.29, 1.82) is 0 Å². The minimum absolute atomic E-state index is 0.0861. The highest BCUT2D eigenvalue weighted by molar-refractivity contribution is 7.13. The number of hydrogen-bond acceptors (Lipinski definition) is 5. The molecule has 0 radical (unpaired) electrons. The molecule has 2 heterocycles. The Balaban J connectivity index is 2.09. The maximum absolute atomic E-state index is 12.0. The molecule has 0 fully saturated rings. The first-order valence-corrected chi connectivity index (χ1v) is 7.44. The van der Waals surface area contributed by atoms with Crippen LogP contribution in [-0.4, -0.2) is 25.9 Å². The second-order valence-corrected chi connectivity index (χ2v) is 6.03. The lowest BCUT2D eigenvalue weighted by atomic mass is 10.1. The lowest BCUT2D eigenvalue weighted by Crippen LogP contribution is -2.15. The van der Waals surface area contributed by atoms with E-state index in [0.29, 0.717) is 17.5 Å². The van der Waals surface area contributed by atoms with Crippen molar-refractivity contribution < 1.29 is 4.79 Å². The third kappa shape index (κ3) is 3.41. The Morgan fingerprint density at radius 3 is 2.80 bits per heavy atom. The topological polar surface area (TPSA) is 72.7 Å². The van der Waals surface area contributed by atoms with Crippen molar-refractivity contribution in [2.45, 2.75) is 40.7 Å². The number of nitrogens with zero attached hydrogens (tertiary/aromatic N) is 4. The van der Waals surface area contributed by atoms with Gasteiger partial charge in [-0.15, -0.1) is 10.2 Å². The summed E-state index contributed by atoms with van der Waals surface area (Å²) in [5.74, 6) is 0.438. The number of carbonyl (C=O) groups excluding carboxylic acids is 1. The molecule has 6 nitrogen and oxygen atoms in total. The van der Waals surface area contributed by atoms with E-state index >= 15 is 0 Å². The van der Waals surface area contributed by atoms with E-state index in [4.69, 9.17) is 0 Å². The molecule has 0 unspecified atom stereocenters. The van der Waals surface area contributed by atoms with Crippen molar-refractivity contribution in [3.8, 4) is 0 Å². The summed E-state index contributed by atoms with van der Waals surface area (Å²) in [4.78, 5) is 12.0. The van der Waals surface area contributed by atoms with Gasteiger partial charge in [-0.3, -0.25) is 9.48 Å². The van der Waals surface area contributed by atoms with E-state index in [9.17, 15) is 4.79 Å². The standard InChI is InChI=1S/C13H19N5OS/c1-8(2)6-18-10(4)11(9(3)17-18)5-12(19)15-13-16-14-7-20-13/h7-8H,5-6H2,1-4H3,(H,15,16,19). The number of anilines is 1. The van der Waals surface area contributed by atoms with Crippen LogP contribution in [0.25, 0.3) is 0 Å². The normalized spacial score (nSPS) is 11.1. The summed E-state index contributed by atoms with van der Waals surface area (Å²) in [6.07, 6.45) is 0.315. The quantitative estimate of drug-likeness (QED) is 0.917. The second-order valence-electron chi connectivity index (χ2n) is 5.19. The third-order valence-corrected chi connectivity index (χ3v) is 3.62. The van der Waals surface area contributed by atoms with E-state index < -0.39 is 0 Å². The first-order chi connectivity index (χ1) is 9.47. The van der Waals surface area contributed by atoms with Crippen LogP contribution >= 0.6 is 11.3 Å². The Morgan fingerprint density at radius 2 is 2.20 bits per heavy atom. The van der Waals surface area contributed by atoms with E-state index in [1.807, 2.05) is 18.5 Å². The fraction of sp³-hybridized carbons (Fsp3) is 0.538. The van der Waals surface area contributed by atoms with E-state index in [0.717, 1.165) is 23.5 Å². The van der Waals surface area contributed by atoms with Gasteiger partial charge in [-0.2, -0.15) is 5.10 Å². The maximum atomic E-state index is 12.0. The van der Waals surface area contributed by atoms with Crippen LogP contribution in [0.2, 0.25) is 0 Å². The molecule has 0 aromatic carbocycles. The minimum atomic E-state index is -0.0861. The lowest BCUT2D eigenvalue weighted by molar-refractivity contribution is -0.115. The number of aryl methyl sites for hydroxylation is 1. The van der Waals surface area contributed by atoms with Crippen molar-refractivity contribution in [2.24, 2.45) is 5.92 Å². The lowest BCUT2D eigenvalue weighted by Gasteiger charge is -2.07. The highest BCUT2D eigenvalue weighted by atomic mass is 32.1. The molecule has 0 aliphatic carbocycles. The molecule has 20 heavy (non-hydrogen) atoms. The van der Waals surface area contributed by atoms with E-state index in [-0.39, 0.29) is 5.91 Å². The molecule has 0 bridgehead atoms. The van der Waals surface area contributed by atoms with Crippen molar-refractivity contribution in [3.05, 3.63) is 22.5 Å². The molecule has 1 N–H and O–H groups in total. The molecule has 2 aromatic heterocycles. The summed E-state index contributed by atoms with van der Waals surface area (Å²) in [6, 6.07) is 0. The average Bonchev–Trinajstić information content (AvgIpc) is 2.93. The Hall–Kier alpha value is -1.76. The summed E-state index contributed by atoms with van der Waals surface area (Å²) in [5.41, 5.74) is 4.55. The fourth-order valence-corrected chi connectivity index (χ4v) is 2.53. The van der Waals surface area contributed by atoms with E-state index in [1.54, 1.807) is 5.51 Å². The van der Waals surface area contributed by atoms with Crippen LogP contribution in [-0.2, 0) is 17.8 Å². The molecule has 2 rings (SSSR count). The van der Waals surface area contributed by atoms with Crippen LogP contribution in [0.3, 0.4) is 0 Å². The Labute approximate surface area is 122 Å². The zero-order chi connectivity index (χ0) is 14.7. The van der Waals surface area contributed by atoms with Gasteiger partial charge in [0.1, 0.15) is 5.51 Å². The van der Waals surface area contributed by atoms with Gasteiger partial charge in [0.2, 0.25) is 11.0 Å². The zero-order valence-electron chi connectivity index (χ0n) is 12.2. The van der Waals surface area contributed by atoms with Crippen molar-refractivity contribution in [2.75, 3.05) is 5.32 Å². The Morgan fingerprint density at radius 1 is 1.45 bits per heavy atom. The van der Waals surface area contributed by atoms with Gasteiger partial charge in [0.25, 0.3) is 0 Å². The number of nitrogens with one attached hydrogen (secondary N) is 1. The van der Waals surface area contributed by atoms with Gasteiger partial charge in [0.05, 0.1) is 12.1 Å². The van der Waals surface area contributed by atoms with Crippen LogP contribution in [0.1, 0.15) is 30.8 Å². The third-order valence-electron chi connectivity index (χ3n) is 3.01. The van der Waals surface area contributed by atoms with Crippen molar-refractivity contribution >= 4 is 22.4 Å². The van der Waals surface area contributed by atoms with Gasteiger partial charge in [-0.1, -0.05) is 25.2 Å². The van der Waals surface area contributed by atoms with Crippen LogP contribution in [0.5, 0.6) is 0 Å². The Kier molecular flexibility index (Phi) is 4.49. The second kappa shape index (κ2) is 6.13. The maximum Gasteiger partial charge on any atom is 0.230 e. The zero-order valence-corrected chi connectivity index (χ0v) is 13.0. The van der Waals surface area contributed by atoms with E-state index in [1.165, 1.54) is 11.3 Å². The molecule has 0 aliphatic heterocycles. The monoisotopic (exact) mass is 293 g/mol. The number of amides is 1. The molecule has 0 saturated carbocycles. The summed E-state index contributed by atoms with van der Waals surface area (Å²) in [5, 5.41) is 15.3. The summed E-state index contributed by atoms with van der Waals surface area (Å²) in [6.45, 7) is 9.12. The number of rotatable bonds is 5. The van der Waals surface area contributed by atoms with E-state index in [2.05, 4.69) is 34.5 Å². The summed E-state index contributed by atoms with van der Waals surface area (Å²) in [7, 11) is 0. The van der Waals surface area contributed by atoms with Crippen LogP contribution in [0.4, 0.5) is 5.13 Å². The number of aromatic nitrogens is 4. The van der Waals surface area contributed by atoms with Crippen molar-refractivity contribution in [1.82, 2.24) is 20.0 Å². The molecule has 108 valence electrons. The molecule has 0 saturated heterocycles. The first kappa shape index (κ1) is 14.6. The summed E-state index contributed by atoms with van der Waals surface area (Å²) >= 11 is 1.31. The average molecular weight is 293 g/mol. The molecular weight excluding hydrogens is 274 g/mol.